The van der Waals surface area contributed by atoms with Gasteiger partial charge in [-0.25, -0.2) is 0 Å². The molecule has 0 radical (unpaired) electrons. The van der Waals surface area contributed by atoms with Crippen LogP contribution in [0.5, 0.6) is 0 Å². The second-order valence-electron chi connectivity index (χ2n) is 5.28. The predicted molar refractivity (Wildman–Crippen MR) is 94.5 cm³/mol. The van der Waals surface area contributed by atoms with E-state index >= 15 is 0 Å². The normalized spacial score (nSPS) is 13.7. The van der Waals surface area contributed by atoms with Gasteiger partial charge in [-0.05, 0) is 35.2 Å². The molecule has 0 spiro atoms. The van der Waals surface area contributed by atoms with Gasteiger partial charge < -0.3 is 14.8 Å². The number of thiophene rings is 1. The lowest BCUT2D eigenvalue weighted by Gasteiger charge is -2.24. The minimum absolute atomic E-state index is 0.0268. The summed E-state index contributed by atoms with van der Waals surface area (Å²) in [5.41, 5.74) is -0.444. The topological polar surface area (TPSA) is 62.5 Å². The number of nitrogens with one attached hydrogen (secondary N) is 1. The molecule has 2 aromatic heterocycles. The van der Waals surface area contributed by atoms with E-state index in [9.17, 15) is 9.90 Å². The number of rotatable bonds is 6. The van der Waals surface area contributed by atoms with Crippen molar-refractivity contribution in [1.82, 2.24) is 5.32 Å². The van der Waals surface area contributed by atoms with Crippen molar-refractivity contribution in [2.75, 3.05) is 6.54 Å². The van der Waals surface area contributed by atoms with Crippen LogP contribution in [0.1, 0.15) is 16.2 Å². The Balaban J connectivity index is 1.71. The summed E-state index contributed by atoms with van der Waals surface area (Å²) in [6, 6.07) is 16.6. The number of hydrogen-bond donors (Lipinski definition) is 2. The lowest BCUT2D eigenvalue weighted by atomic mass is 9.98. The third-order valence-corrected chi connectivity index (χ3v) is 4.62. The standard InChI is InChI=1S/C19H17NO3S/c21-18(11-10-15-6-2-1-3-7-15)20-14-19(22,16-8-4-12-23-16)17-9-5-13-24-17/h1-13,22H,14H2,(H,20,21)/b11-10+/t19-/m1/s1. The highest BCUT2D eigenvalue weighted by Gasteiger charge is 2.35. The first-order valence-electron chi connectivity index (χ1n) is 7.50. The third kappa shape index (κ3) is 3.64. The molecule has 2 N–H and O–H groups in total. The number of carbonyl (C=O) groups is 1. The Bertz CT molecular complexity index is 758. The van der Waals surface area contributed by atoms with Crippen LogP contribution in [0.4, 0.5) is 0 Å². The summed E-state index contributed by atoms with van der Waals surface area (Å²) in [5, 5.41) is 15.7. The maximum atomic E-state index is 12.1. The highest BCUT2D eigenvalue weighted by Crippen LogP contribution is 2.32. The van der Waals surface area contributed by atoms with Gasteiger partial charge in [-0.3, -0.25) is 4.79 Å². The third-order valence-electron chi connectivity index (χ3n) is 3.60. The molecule has 0 aliphatic heterocycles. The van der Waals surface area contributed by atoms with Gasteiger partial charge in [0, 0.05) is 11.0 Å². The Morgan fingerprint density at radius 1 is 1.17 bits per heavy atom. The zero-order valence-corrected chi connectivity index (χ0v) is 13.7. The fourth-order valence-electron chi connectivity index (χ4n) is 2.33. The second-order valence-corrected chi connectivity index (χ2v) is 6.22. The molecule has 1 amide bonds. The first-order valence-corrected chi connectivity index (χ1v) is 8.38. The monoisotopic (exact) mass is 339 g/mol. The zero-order chi connectivity index (χ0) is 16.8. The smallest absolute Gasteiger partial charge is 0.244 e. The van der Waals surface area contributed by atoms with E-state index in [0.29, 0.717) is 10.6 Å². The largest absolute Gasteiger partial charge is 0.466 e. The van der Waals surface area contributed by atoms with Crippen LogP contribution >= 0.6 is 11.3 Å². The van der Waals surface area contributed by atoms with Crippen LogP contribution in [-0.4, -0.2) is 17.6 Å². The summed E-state index contributed by atoms with van der Waals surface area (Å²) in [7, 11) is 0. The molecule has 122 valence electrons. The summed E-state index contributed by atoms with van der Waals surface area (Å²) in [5.74, 6) is 0.123. The summed E-state index contributed by atoms with van der Waals surface area (Å²) in [6.07, 6.45) is 4.68. The van der Waals surface area contributed by atoms with Crippen LogP contribution in [-0.2, 0) is 10.4 Å². The van der Waals surface area contributed by atoms with Crippen molar-refractivity contribution < 1.29 is 14.3 Å². The van der Waals surface area contributed by atoms with Crippen molar-refractivity contribution in [3.8, 4) is 0 Å². The van der Waals surface area contributed by atoms with Crippen LogP contribution in [0.15, 0.2) is 76.7 Å². The molecule has 0 saturated heterocycles. The van der Waals surface area contributed by atoms with E-state index in [2.05, 4.69) is 5.32 Å². The first kappa shape index (κ1) is 16.2. The predicted octanol–water partition coefficient (Wildman–Crippen LogP) is 3.41. The Morgan fingerprint density at radius 3 is 2.67 bits per heavy atom. The van der Waals surface area contributed by atoms with E-state index in [1.807, 2.05) is 47.8 Å². The zero-order valence-electron chi connectivity index (χ0n) is 12.9. The fraction of sp³-hybridized carbons (Fsp3) is 0.105. The molecule has 4 nitrogen and oxygen atoms in total. The highest BCUT2D eigenvalue weighted by molar-refractivity contribution is 7.10. The van der Waals surface area contributed by atoms with E-state index in [4.69, 9.17) is 4.42 Å². The molecule has 5 heteroatoms. The second kappa shape index (κ2) is 7.29. The van der Waals surface area contributed by atoms with Gasteiger partial charge in [0.25, 0.3) is 0 Å². The van der Waals surface area contributed by atoms with Crippen molar-refractivity contribution in [3.63, 3.8) is 0 Å². The van der Waals surface area contributed by atoms with Gasteiger partial charge in [0.1, 0.15) is 5.76 Å². The van der Waals surface area contributed by atoms with E-state index in [1.165, 1.54) is 23.7 Å². The van der Waals surface area contributed by atoms with Crippen LogP contribution in [0.2, 0.25) is 0 Å². The summed E-state index contributed by atoms with van der Waals surface area (Å²) in [6.45, 7) is 0.0268. The van der Waals surface area contributed by atoms with Crippen molar-refractivity contribution >= 4 is 23.3 Å². The maximum absolute atomic E-state index is 12.1. The van der Waals surface area contributed by atoms with E-state index in [-0.39, 0.29) is 12.5 Å². The van der Waals surface area contributed by atoms with Gasteiger partial charge in [0.2, 0.25) is 5.91 Å². The van der Waals surface area contributed by atoms with Gasteiger partial charge in [-0.15, -0.1) is 11.3 Å². The van der Waals surface area contributed by atoms with Crippen molar-refractivity contribution in [1.29, 1.82) is 0 Å². The molecule has 0 aliphatic carbocycles. The molecule has 0 saturated carbocycles. The summed E-state index contributed by atoms with van der Waals surface area (Å²) in [4.78, 5) is 12.8. The van der Waals surface area contributed by atoms with Crippen LogP contribution in [0, 0.1) is 0 Å². The number of hydrogen-bond acceptors (Lipinski definition) is 4. The maximum Gasteiger partial charge on any atom is 0.244 e. The quantitative estimate of drug-likeness (QED) is 0.677. The fourth-order valence-corrected chi connectivity index (χ4v) is 3.16. The van der Waals surface area contributed by atoms with Crippen molar-refractivity contribution in [2.45, 2.75) is 5.60 Å². The molecule has 0 fully saturated rings. The van der Waals surface area contributed by atoms with Gasteiger partial charge in [0.05, 0.1) is 12.8 Å². The Hall–Kier alpha value is -2.63. The highest BCUT2D eigenvalue weighted by atomic mass is 32.1. The Labute approximate surface area is 144 Å². The Morgan fingerprint density at radius 2 is 2.00 bits per heavy atom. The average molecular weight is 339 g/mol. The van der Waals surface area contributed by atoms with Crippen LogP contribution in [0.25, 0.3) is 6.08 Å². The molecule has 24 heavy (non-hydrogen) atoms. The Kier molecular flexibility index (Phi) is 4.93. The van der Waals surface area contributed by atoms with Gasteiger partial charge in [0.15, 0.2) is 5.60 Å². The minimum Gasteiger partial charge on any atom is -0.466 e. The first-order chi connectivity index (χ1) is 11.7. The molecular formula is C19H17NO3S. The minimum atomic E-state index is -1.38. The molecule has 3 rings (SSSR count). The molecule has 1 aromatic carbocycles. The molecule has 3 aromatic rings. The molecular weight excluding hydrogens is 322 g/mol. The number of furan rings is 1. The van der Waals surface area contributed by atoms with E-state index < -0.39 is 5.60 Å². The molecule has 2 heterocycles. The average Bonchev–Trinajstić information content (AvgIpc) is 3.32. The van der Waals surface area contributed by atoms with Crippen molar-refractivity contribution in [3.05, 3.63) is 88.5 Å². The summed E-state index contributed by atoms with van der Waals surface area (Å²) < 4.78 is 5.37. The van der Waals surface area contributed by atoms with E-state index in [1.54, 1.807) is 18.2 Å². The molecule has 0 unspecified atom stereocenters. The summed E-state index contributed by atoms with van der Waals surface area (Å²) >= 11 is 1.41. The lowest BCUT2D eigenvalue weighted by Crippen LogP contribution is -2.40. The van der Waals surface area contributed by atoms with Crippen LogP contribution < -0.4 is 5.32 Å². The number of amides is 1. The number of aliphatic hydroxyl groups is 1. The van der Waals surface area contributed by atoms with Gasteiger partial charge >= 0.3 is 0 Å². The van der Waals surface area contributed by atoms with Crippen molar-refractivity contribution in [2.24, 2.45) is 0 Å². The number of benzene rings is 1. The number of carbonyl (C=O) groups excluding carboxylic acids is 1. The van der Waals surface area contributed by atoms with Gasteiger partial charge in [-0.1, -0.05) is 36.4 Å². The lowest BCUT2D eigenvalue weighted by molar-refractivity contribution is -0.117. The van der Waals surface area contributed by atoms with Gasteiger partial charge in [-0.2, -0.15) is 0 Å². The molecule has 0 aliphatic rings. The van der Waals surface area contributed by atoms with Crippen LogP contribution in [0.3, 0.4) is 0 Å². The van der Waals surface area contributed by atoms with E-state index in [0.717, 1.165) is 5.56 Å². The molecule has 1 atom stereocenters. The molecule has 0 bridgehead atoms. The SMILES string of the molecule is O=C(/C=C/c1ccccc1)NC[C@@](O)(c1ccco1)c1cccs1.